The van der Waals surface area contributed by atoms with E-state index < -0.39 is 0 Å². The van der Waals surface area contributed by atoms with Gasteiger partial charge in [0.15, 0.2) is 5.75 Å². The number of aromatic amines is 1. The van der Waals surface area contributed by atoms with Gasteiger partial charge in [-0.15, -0.1) is 0 Å². The molecule has 0 aliphatic heterocycles. The normalized spacial score (nSPS) is 10.9. The molecule has 3 aromatic rings. The van der Waals surface area contributed by atoms with E-state index in [0.29, 0.717) is 17.2 Å². The number of rotatable bonds is 3. The summed E-state index contributed by atoms with van der Waals surface area (Å²) in [6.45, 7) is -0.105. The summed E-state index contributed by atoms with van der Waals surface area (Å²) in [5, 5.41) is 10.4. The average molecular weight is 397 g/mol. The molecule has 1 aromatic heterocycles. The van der Waals surface area contributed by atoms with E-state index in [1.54, 1.807) is 0 Å². The summed E-state index contributed by atoms with van der Waals surface area (Å²) in [7, 11) is 0. The fourth-order valence-electron chi connectivity index (χ4n) is 2.06. The summed E-state index contributed by atoms with van der Waals surface area (Å²) in [6.07, 6.45) is 0. The number of benzene rings is 2. The van der Waals surface area contributed by atoms with Crippen molar-refractivity contribution in [3.63, 3.8) is 0 Å². The van der Waals surface area contributed by atoms with E-state index in [9.17, 15) is 5.11 Å². The number of para-hydroxylation sites is 1. The molecule has 102 valence electrons. The summed E-state index contributed by atoms with van der Waals surface area (Å²) in [4.78, 5) is 3.17. The summed E-state index contributed by atoms with van der Waals surface area (Å²) < 4.78 is 7.81. The maximum Gasteiger partial charge on any atom is 0.158 e. The molecule has 20 heavy (non-hydrogen) atoms. The predicted molar refractivity (Wildman–Crippen MR) is 86.1 cm³/mol. The molecule has 0 saturated heterocycles. The Morgan fingerprint density at radius 1 is 1.10 bits per heavy atom. The highest BCUT2D eigenvalue weighted by Crippen LogP contribution is 2.37. The summed E-state index contributed by atoms with van der Waals surface area (Å²) in [6, 6.07) is 13.5. The van der Waals surface area contributed by atoms with E-state index in [-0.39, 0.29) is 6.61 Å². The largest absolute Gasteiger partial charge is 0.454 e. The predicted octanol–water partition coefficient (Wildman–Crippen LogP) is 4.98. The SMILES string of the molecule is OCc1[nH]c2ccc(Br)cc2c1Oc1ccccc1Br. The van der Waals surface area contributed by atoms with Crippen molar-refractivity contribution in [2.45, 2.75) is 6.61 Å². The van der Waals surface area contributed by atoms with Gasteiger partial charge in [-0.3, -0.25) is 0 Å². The maximum absolute atomic E-state index is 9.50. The Morgan fingerprint density at radius 3 is 2.65 bits per heavy atom. The summed E-state index contributed by atoms with van der Waals surface area (Å²) in [5.41, 5.74) is 1.59. The van der Waals surface area contributed by atoms with Crippen molar-refractivity contribution in [3.05, 3.63) is 57.1 Å². The van der Waals surface area contributed by atoms with Crippen LogP contribution in [0.1, 0.15) is 5.69 Å². The van der Waals surface area contributed by atoms with Crippen LogP contribution < -0.4 is 4.74 Å². The number of hydrogen-bond acceptors (Lipinski definition) is 2. The van der Waals surface area contributed by atoms with Crippen molar-refractivity contribution in [1.29, 1.82) is 0 Å². The highest BCUT2D eigenvalue weighted by molar-refractivity contribution is 9.10. The van der Waals surface area contributed by atoms with Crippen molar-refractivity contribution >= 4 is 42.8 Å². The van der Waals surface area contributed by atoms with Crippen LogP contribution in [0.15, 0.2) is 51.4 Å². The molecule has 2 aromatic carbocycles. The zero-order valence-electron chi connectivity index (χ0n) is 10.4. The molecular formula is C15H11Br2NO2. The fourth-order valence-corrected chi connectivity index (χ4v) is 2.79. The number of fused-ring (bicyclic) bond motifs is 1. The van der Waals surface area contributed by atoms with Crippen LogP contribution in [0.4, 0.5) is 0 Å². The Bertz CT molecular complexity index is 768. The first-order chi connectivity index (χ1) is 9.69. The van der Waals surface area contributed by atoms with Gasteiger partial charge in [0.2, 0.25) is 0 Å². The zero-order valence-corrected chi connectivity index (χ0v) is 13.5. The Hall–Kier alpha value is -1.30. The van der Waals surface area contributed by atoms with E-state index in [1.165, 1.54) is 0 Å². The highest BCUT2D eigenvalue weighted by Gasteiger charge is 2.14. The smallest absolute Gasteiger partial charge is 0.158 e. The molecular weight excluding hydrogens is 386 g/mol. The number of hydrogen-bond donors (Lipinski definition) is 2. The standard InChI is InChI=1S/C15H11Br2NO2/c16-9-5-6-12-10(7-9)15(13(8-19)18-12)20-14-4-2-1-3-11(14)17/h1-7,18-19H,8H2. The molecule has 0 spiro atoms. The Balaban J connectivity index is 2.14. The molecule has 5 heteroatoms. The van der Waals surface area contributed by atoms with E-state index in [4.69, 9.17) is 4.74 Å². The Labute approximate surface area is 132 Å². The van der Waals surface area contributed by atoms with Gasteiger partial charge in [0, 0.05) is 15.4 Å². The number of halogens is 2. The van der Waals surface area contributed by atoms with Crippen LogP contribution >= 0.6 is 31.9 Å². The maximum atomic E-state index is 9.50. The van der Waals surface area contributed by atoms with Crippen molar-refractivity contribution in [2.75, 3.05) is 0 Å². The molecule has 0 fully saturated rings. The van der Waals surface area contributed by atoms with Gasteiger partial charge in [-0.1, -0.05) is 28.1 Å². The average Bonchev–Trinajstić information content (AvgIpc) is 2.79. The fraction of sp³-hybridized carbons (Fsp3) is 0.0667. The van der Waals surface area contributed by atoms with Crippen molar-refractivity contribution < 1.29 is 9.84 Å². The van der Waals surface area contributed by atoms with Gasteiger partial charge in [-0.05, 0) is 46.3 Å². The van der Waals surface area contributed by atoms with Crippen LogP contribution in [-0.4, -0.2) is 10.1 Å². The molecule has 0 aliphatic rings. The molecule has 0 bridgehead atoms. The molecule has 0 saturated carbocycles. The van der Waals surface area contributed by atoms with Crippen LogP contribution in [0.25, 0.3) is 10.9 Å². The lowest BCUT2D eigenvalue weighted by atomic mass is 10.2. The monoisotopic (exact) mass is 395 g/mol. The zero-order chi connectivity index (χ0) is 14.1. The number of aromatic nitrogens is 1. The topological polar surface area (TPSA) is 45.2 Å². The highest BCUT2D eigenvalue weighted by atomic mass is 79.9. The minimum absolute atomic E-state index is 0.105. The second-order valence-electron chi connectivity index (χ2n) is 4.31. The molecule has 0 radical (unpaired) electrons. The van der Waals surface area contributed by atoms with Gasteiger partial charge in [0.1, 0.15) is 5.75 Å². The van der Waals surface area contributed by atoms with Gasteiger partial charge < -0.3 is 14.8 Å². The van der Waals surface area contributed by atoms with Gasteiger partial charge >= 0.3 is 0 Å². The summed E-state index contributed by atoms with van der Waals surface area (Å²) in [5.74, 6) is 1.36. The molecule has 3 nitrogen and oxygen atoms in total. The second-order valence-corrected chi connectivity index (χ2v) is 6.08. The van der Waals surface area contributed by atoms with E-state index in [0.717, 1.165) is 19.8 Å². The number of H-pyrrole nitrogens is 1. The molecule has 2 N–H and O–H groups in total. The number of nitrogens with one attached hydrogen (secondary N) is 1. The number of aliphatic hydroxyl groups excluding tert-OH is 1. The Morgan fingerprint density at radius 2 is 1.90 bits per heavy atom. The lowest BCUT2D eigenvalue weighted by molar-refractivity contribution is 0.272. The van der Waals surface area contributed by atoms with Crippen LogP contribution in [0.5, 0.6) is 11.5 Å². The van der Waals surface area contributed by atoms with Gasteiger partial charge in [-0.25, -0.2) is 0 Å². The lowest BCUT2D eigenvalue weighted by Crippen LogP contribution is -1.90. The van der Waals surface area contributed by atoms with Gasteiger partial charge in [0.05, 0.1) is 16.8 Å². The second kappa shape index (κ2) is 5.60. The third-order valence-corrected chi connectivity index (χ3v) is 4.14. The molecule has 1 heterocycles. The van der Waals surface area contributed by atoms with E-state index in [1.807, 2.05) is 42.5 Å². The van der Waals surface area contributed by atoms with E-state index in [2.05, 4.69) is 36.8 Å². The third kappa shape index (κ3) is 2.49. The third-order valence-electron chi connectivity index (χ3n) is 2.99. The van der Waals surface area contributed by atoms with Crippen LogP contribution in [0.3, 0.4) is 0 Å². The minimum atomic E-state index is -0.105. The van der Waals surface area contributed by atoms with Gasteiger partial charge in [-0.2, -0.15) is 0 Å². The minimum Gasteiger partial charge on any atom is -0.454 e. The van der Waals surface area contributed by atoms with Crippen molar-refractivity contribution in [2.24, 2.45) is 0 Å². The molecule has 0 unspecified atom stereocenters. The molecule has 0 atom stereocenters. The van der Waals surface area contributed by atoms with Gasteiger partial charge in [0.25, 0.3) is 0 Å². The summed E-state index contributed by atoms with van der Waals surface area (Å²) >= 11 is 6.92. The lowest BCUT2D eigenvalue weighted by Gasteiger charge is -2.08. The quantitative estimate of drug-likeness (QED) is 0.655. The molecule has 0 aliphatic carbocycles. The first-order valence-electron chi connectivity index (χ1n) is 6.02. The Kier molecular flexibility index (Phi) is 3.83. The van der Waals surface area contributed by atoms with Crippen molar-refractivity contribution in [1.82, 2.24) is 4.98 Å². The number of ether oxygens (including phenoxy) is 1. The van der Waals surface area contributed by atoms with Crippen LogP contribution in [0.2, 0.25) is 0 Å². The van der Waals surface area contributed by atoms with E-state index >= 15 is 0 Å². The molecule has 3 rings (SSSR count). The van der Waals surface area contributed by atoms with Crippen LogP contribution in [0, 0.1) is 0 Å². The first-order valence-corrected chi connectivity index (χ1v) is 7.61. The van der Waals surface area contributed by atoms with Crippen molar-refractivity contribution in [3.8, 4) is 11.5 Å². The van der Waals surface area contributed by atoms with Crippen LogP contribution in [-0.2, 0) is 6.61 Å². The molecule has 0 amide bonds. The number of aliphatic hydroxyl groups is 1. The first kappa shape index (κ1) is 13.7.